The quantitative estimate of drug-likeness (QED) is 0.449. The maximum absolute atomic E-state index is 12.8. The van der Waals surface area contributed by atoms with Gasteiger partial charge in [-0.2, -0.15) is 0 Å². The topological polar surface area (TPSA) is 93.2 Å². The summed E-state index contributed by atoms with van der Waals surface area (Å²) < 4.78 is 6.04. The summed E-state index contributed by atoms with van der Waals surface area (Å²) in [6.07, 6.45) is 0. The van der Waals surface area contributed by atoms with E-state index >= 15 is 0 Å². The monoisotopic (exact) mass is 426 g/mol. The molecule has 1 aliphatic heterocycles. The second kappa shape index (κ2) is 8.22. The van der Waals surface area contributed by atoms with Crippen molar-refractivity contribution in [2.45, 2.75) is 23.4 Å². The Balaban J connectivity index is 1.42. The fraction of sp³-hybridized carbons (Fsp3) is 0.200. The number of nitrogens with zero attached hydrogens (tertiary/aromatic N) is 2. The summed E-state index contributed by atoms with van der Waals surface area (Å²) in [4.78, 5) is 24.3. The summed E-state index contributed by atoms with van der Waals surface area (Å²) in [6.45, 7) is 3.84. The number of benzene rings is 2. The lowest BCUT2D eigenvalue weighted by molar-refractivity contribution is -0.118. The van der Waals surface area contributed by atoms with Crippen molar-refractivity contribution in [2.24, 2.45) is 0 Å². The Morgan fingerprint density at radius 3 is 2.97 bits per heavy atom. The molecular weight excluding hydrogens is 408 g/mol. The van der Waals surface area contributed by atoms with Crippen molar-refractivity contribution < 1.29 is 14.3 Å². The smallest absolute Gasteiger partial charge is 0.262 e. The number of anilines is 3. The summed E-state index contributed by atoms with van der Waals surface area (Å²) >= 11 is 2.75. The van der Waals surface area contributed by atoms with Crippen LogP contribution in [0, 0.1) is 6.92 Å². The van der Waals surface area contributed by atoms with Crippen molar-refractivity contribution in [2.75, 3.05) is 17.2 Å². The van der Waals surface area contributed by atoms with Crippen LogP contribution in [0.25, 0.3) is 0 Å². The molecule has 4 rings (SSSR count). The van der Waals surface area contributed by atoms with Crippen LogP contribution in [0.4, 0.5) is 16.5 Å². The summed E-state index contributed by atoms with van der Waals surface area (Å²) in [6, 6.07) is 13.1. The molecule has 1 aromatic heterocycles. The lowest BCUT2D eigenvalue weighted by Gasteiger charge is -2.18. The Morgan fingerprint density at radius 1 is 1.28 bits per heavy atom. The fourth-order valence-corrected chi connectivity index (χ4v) is 4.82. The first-order valence-corrected chi connectivity index (χ1v) is 10.6. The van der Waals surface area contributed by atoms with Gasteiger partial charge in [-0.25, -0.2) is 0 Å². The SMILES string of the molecule is Cc1cccc(Nc2nnc(SC(C)C(=O)c3ccc4c(c3)NC(=O)CO4)s2)c1. The van der Waals surface area contributed by atoms with Gasteiger partial charge in [0.2, 0.25) is 5.13 Å². The van der Waals surface area contributed by atoms with Crippen molar-refractivity contribution in [3.63, 3.8) is 0 Å². The maximum Gasteiger partial charge on any atom is 0.262 e. The minimum Gasteiger partial charge on any atom is -0.482 e. The van der Waals surface area contributed by atoms with Crippen LogP contribution >= 0.6 is 23.1 Å². The maximum atomic E-state index is 12.8. The molecule has 1 atom stereocenters. The van der Waals surface area contributed by atoms with Gasteiger partial charge in [0, 0.05) is 11.3 Å². The number of rotatable bonds is 6. The molecular formula is C20H18N4O3S2. The van der Waals surface area contributed by atoms with E-state index in [1.807, 2.05) is 38.1 Å². The first-order valence-electron chi connectivity index (χ1n) is 8.93. The fourth-order valence-electron chi connectivity index (χ4n) is 2.83. The zero-order valence-electron chi connectivity index (χ0n) is 15.8. The molecule has 2 N–H and O–H groups in total. The highest BCUT2D eigenvalue weighted by atomic mass is 32.2. The second-order valence-electron chi connectivity index (χ2n) is 6.54. The number of Topliss-reactive ketones (excluding diaryl/α,β-unsaturated/α-hetero) is 1. The molecule has 2 heterocycles. The van der Waals surface area contributed by atoms with Gasteiger partial charge in [-0.3, -0.25) is 9.59 Å². The van der Waals surface area contributed by atoms with E-state index in [-0.39, 0.29) is 23.5 Å². The van der Waals surface area contributed by atoms with Crippen molar-refractivity contribution >= 4 is 51.3 Å². The average Bonchev–Trinajstić information content (AvgIpc) is 3.13. The largest absolute Gasteiger partial charge is 0.482 e. The molecule has 2 aromatic carbocycles. The van der Waals surface area contributed by atoms with Crippen LogP contribution in [0.1, 0.15) is 22.8 Å². The molecule has 0 spiro atoms. The van der Waals surface area contributed by atoms with E-state index in [9.17, 15) is 9.59 Å². The Labute approximate surface area is 175 Å². The number of nitrogens with one attached hydrogen (secondary N) is 2. The van der Waals surface area contributed by atoms with Crippen molar-refractivity contribution in [1.29, 1.82) is 0 Å². The van der Waals surface area contributed by atoms with Gasteiger partial charge < -0.3 is 15.4 Å². The number of ether oxygens (including phenoxy) is 1. The van der Waals surface area contributed by atoms with E-state index in [0.717, 1.165) is 11.3 Å². The van der Waals surface area contributed by atoms with Gasteiger partial charge in [-0.15, -0.1) is 10.2 Å². The molecule has 0 aliphatic carbocycles. The van der Waals surface area contributed by atoms with E-state index in [4.69, 9.17) is 4.74 Å². The van der Waals surface area contributed by atoms with E-state index in [1.54, 1.807) is 18.2 Å². The van der Waals surface area contributed by atoms with Gasteiger partial charge in [-0.05, 0) is 49.7 Å². The van der Waals surface area contributed by atoms with Crippen LogP contribution in [0.15, 0.2) is 46.8 Å². The number of aromatic nitrogens is 2. The van der Waals surface area contributed by atoms with E-state index in [0.29, 0.717) is 26.5 Å². The lowest BCUT2D eigenvalue weighted by Crippen LogP contribution is -2.25. The first-order chi connectivity index (χ1) is 14.0. The Bertz CT molecular complexity index is 1080. The zero-order chi connectivity index (χ0) is 20.4. The molecule has 7 nitrogen and oxygen atoms in total. The Morgan fingerprint density at radius 2 is 2.14 bits per heavy atom. The number of carbonyl (C=O) groups is 2. The van der Waals surface area contributed by atoms with Crippen molar-refractivity contribution in [3.05, 3.63) is 53.6 Å². The number of fused-ring (bicyclic) bond motifs is 1. The number of carbonyl (C=O) groups excluding carboxylic acids is 2. The van der Waals surface area contributed by atoms with Gasteiger partial charge in [0.25, 0.3) is 5.91 Å². The number of hydrogen-bond donors (Lipinski definition) is 2. The second-order valence-corrected chi connectivity index (χ2v) is 9.11. The Kier molecular flexibility index (Phi) is 5.50. The number of hydrogen-bond acceptors (Lipinski definition) is 8. The van der Waals surface area contributed by atoms with Gasteiger partial charge in [0.05, 0.1) is 10.9 Å². The van der Waals surface area contributed by atoms with Crippen LogP contribution in [-0.4, -0.2) is 33.7 Å². The lowest BCUT2D eigenvalue weighted by atomic mass is 10.1. The van der Waals surface area contributed by atoms with E-state index < -0.39 is 0 Å². The van der Waals surface area contributed by atoms with Crippen molar-refractivity contribution in [3.8, 4) is 5.75 Å². The molecule has 0 fully saturated rings. The van der Waals surface area contributed by atoms with Crippen LogP contribution in [0.5, 0.6) is 5.75 Å². The summed E-state index contributed by atoms with van der Waals surface area (Å²) in [5.74, 6) is 0.283. The Hall–Kier alpha value is -2.91. The van der Waals surface area contributed by atoms with Gasteiger partial charge in [0.15, 0.2) is 16.7 Å². The molecule has 0 bridgehead atoms. The molecule has 1 amide bonds. The normalized spacial score (nSPS) is 13.8. The highest BCUT2D eigenvalue weighted by molar-refractivity contribution is 8.02. The third-order valence-corrected chi connectivity index (χ3v) is 6.24. The number of amides is 1. The van der Waals surface area contributed by atoms with Gasteiger partial charge >= 0.3 is 0 Å². The summed E-state index contributed by atoms with van der Waals surface area (Å²) in [5.41, 5.74) is 3.13. The van der Waals surface area contributed by atoms with Crippen LogP contribution in [0.2, 0.25) is 0 Å². The molecule has 29 heavy (non-hydrogen) atoms. The predicted molar refractivity (Wildman–Crippen MR) is 115 cm³/mol. The summed E-state index contributed by atoms with van der Waals surface area (Å²) in [7, 11) is 0. The highest BCUT2D eigenvalue weighted by Gasteiger charge is 2.22. The zero-order valence-corrected chi connectivity index (χ0v) is 17.4. The minimum atomic E-state index is -0.354. The minimum absolute atomic E-state index is 0.0114. The predicted octanol–water partition coefficient (Wildman–Crippen LogP) is 4.28. The highest BCUT2D eigenvalue weighted by Crippen LogP contribution is 2.33. The number of thioether (sulfide) groups is 1. The molecule has 0 radical (unpaired) electrons. The van der Waals surface area contributed by atoms with Crippen molar-refractivity contribution in [1.82, 2.24) is 10.2 Å². The van der Waals surface area contributed by atoms with E-state index in [2.05, 4.69) is 20.8 Å². The third kappa shape index (κ3) is 4.57. The molecule has 1 aliphatic rings. The third-order valence-electron chi connectivity index (χ3n) is 4.22. The number of ketones is 1. The molecule has 0 saturated heterocycles. The average molecular weight is 427 g/mol. The molecule has 3 aromatic rings. The molecule has 0 saturated carbocycles. The van der Waals surface area contributed by atoms with Gasteiger partial charge in [0.1, 0.15) is 5.75 Å². The first kappa shape index (κ1) is 19.4. The van der Waals surface area contributed by atoms with Crippen LogP contribution in [-0.2, 0) is 4.79 Å². The van der Waals surface area contributed by atoms with E-state index in [1.165, 1.54) is 23.1 Å². The van der Waals surface area contributed by atoms with Gasteiger partial charge in [-0.1, -0.05) is 35.2 Å². The van der Waals surface area contributed by atoms with Crippen LogP contribution < -0.4 is 15.4 Å². The molecule has 1 unspecified atom stereocenters. The standard InChI is InChI=1S/C20H18N4O3S2/c1-11-4-3-5-14(8-11)21-19-23-24-20(29-19)28-12(2)18(26)13-6-7-16-15(9-13)22-17(25)10-27-16/h3-9,12H,10H2,1-2H3,(H,21,23)(H,22,25). The summed E-state index contributed by atoms with van der Waals surface area (Å²) in [5, 5.41) is 14.6. The number of aryl methyl sites for hydroxylation is 1. The molecule has 9 heteroatoms. The molecule has 148 valence electrons. The van der Waals surface area contributed by atoms with Crippen LogP contribution in [0.3, 0.4) is 0 Å².